The van der Waals surface area contributed by atoms with Gasteiger partial charge in [0.15, 0.2) is 0 Å². The molecule has 104 valence electrons. The topological polar surface area (TPSA) is 50.4 Å². The van der Waals surface area contributed by atoms with Crippen molar-refractivity contribution in [2.24, 2.45) is 0 Å². The molecule has 1 aromatic carbocycles. The molecule has 4 nitrogen and oxygen atoms in total. The Bertz CT molecular complexity index is 459. The van der Waals surface area contributed by atoms with Gasteiger partial charge in [0.1, 0.15) is 11.9 Å². The first-order valence-electron chi connectivity index (χ1n) is 6.87. The van der Waals surface area contributed by atoms with E-state index in [1.165, 1.54) is 17.5 Å². The number of nitrogens with one attached hydrogen (secondary N) is 2. The summed E-state index contributed by atoms with van der Waals surface area (Å²) in [7, 11) is 1.61. The van der Waals surface area contributed by atoms with Gasteiger partial charge in [-0.1, -0.05) is 12.1 Å². The average Bonchev–Trinajstić information content (AvgIpc) is 2.87. The summed E-state index contributed by atoms with van der Waals surface area (Å²) in [6.07, 6.45) is 3.38. The zero-order valence-electron chi connectivity index (χ0n) is 11.8. The number of aryl methyl sites for hydroxylation is 1. The molecule has 1 aliphatic carbocycles. The minimum Gasteiger partial charge on any atom is -0.488 e. The number of ether oxygens (including phenoxy) is 1. The van der Waals surface area contributed by atoms with Crippen LogP contribution in [0, 0.1) is 0 Å². The fourth-order valence-electron chi connectivity index (χ4n) is 2.39. The molecule has 1 aliphatic rings. The predicted molar refractivity (Wildman–Crippen MR) is 75.6 cm³/mol. The molecule has 0 fully saturated rings. The molecule has 2 N–H and O–H groups in total. The van der Waals surface area contributed by atoms with Crippen molar-refractivity contribution in [1.29, 1.82) is 0 Å². The molecule has 0 radical (unpaired) electrons. The Morgan fingerprint density at radius 2 is 2.11 bits per heavy atom. The number of hydrogen-bond donors (Lipinski definition) is 2. The van der Waals surface area contributed by atoms with E-state index >= 15 is 0 Å². The van der Waals surface area contributed by atoms with Crippen molar-refractivity contribution in [3.05, 3.63) is 29.3 Å². The van der Waals surface area contributed by atoms with Crippen LogP contribution in [0.25, 0.3) is 0 Å². The Morgan fingerprint density at radius 1 is 1.32 bits per heavy atom. The lowest BCUT2D eigenvalue weighted by atomic mass is 10.1. The van der Waals surface area contributed by atoms with Crippen LogP contribution >= 0.6 is 0 Å². The molecule has 1 aromatic rings. The monoisotopic (exact) mass is 262 g/mol. The number of rotatable bonds is 4. The lowest BCUT2D eigenvalue weighted by Gasteiger charge is -2.23. The summed E-state index contributed by atoms with van der Waals surface area (Å²) in [5, 5.41) is 5.39. The third kappa shape index (κ3) is 3.19. The van der Waals surface area contributed by atoms with Crippen molar-refractivity contribution >= 4 is 6.03 Å². The predicted octanol–water partition coefficient (Wildman–Crippen LogP) is 2.26. The summed E-state index contributed by atoms with van der Waals surface area (Å²) in [4.78, 5) is 11.3. The van der Waals surface area contributed by atoms with Crippen molar-refractivity contribution in [2.45, 2.75) is 45.3 Å². The number of hydrogen-bond acceptors (Lipinski definition) is 2. The van der Waals surface area contributed by atoms with Gasteiger partial charge < -0.3 is 15.4 Å². The lowest BCUT2D eigenvalue weighted by molar-refractivity contribution is 0.174. The third-order valence-corrected chi connectivity index (χ3v) is 3.71. The molecular formula is C15H22N2O2. The van der Waals surface area contributed by atoms with Gasteiger partial charge in [-0.05, 0) is 50.3 Å². The average molecular weight is 262 g/mol. The molecule has 0 saturated heterocycles. The molecule has 0 bridgehead atoms. The SMILES string of the molecule is CNC(=O)NC(C)C(C)Oc1cccc2c1CCC2. The van der Waals surface area contributed by atoms with Gasteiger partial charge in [0.05, 0.1) is 6.04 Å². The van der Waals surface area contributed by atoms with Crippen molar-refractivity contribution in [3.63, 3.8) is 0 Å². The van der Waals surface area contributed by atoms with Crippen LogP contribution in [0.4, 0.5) is 4.79 Å². The van der Waals surface area contributed by atoms with Crippen LogP contribution in [0.5, 0.6) is 5.75 Å². The molecule has 0 saturated carbocycles. The molecule has 0 heterocycles. The molecule has 0 aromatic heterocycles. The molecule has 4 heteroatoms. The van der Waals surface area contributed by atoms with E-state index in [1.807, 2.05) is 26.0 Å². The van der Waals surface area contributed by atoms with E-state index in [0.717, 1.165) is 18.6 Å². The first-order valence-corrected chi connectivity index (χ1v) is 6.87. The molecular weight excluding hydrogens is 240 g/mol. The minimum atomic E-state index is -0.179. The van der Waals surface area contributed by atoms with E-state index in [1.54, 1.807) is 7.05 Å². The maximum absolute atomic E-state index is 11.3. The van der Waals surface area contributed by atoms with Gasteiger partial charge in [0.25, 0.3) is 0 Å². The second-order valence-corrected chi connectivity index (χ2v) is 5.08. The molecule has 19 heavy (non-hydrogen) atoms. The van der Waals surface area contributed by atoms with Gasteiger partial charge in [-0.2, -0.15) is 0 Å². The summed E-state index contributed by atoms with van der Waals surface area (Å²) in [6.45, 7) is 3.93. The summed E-state index contributed by atoms with van der Waals surface area (Å²) < 4.78 is 6.02. The van der Waals surface area contributed by atoms with Crippen LogP contribution in [-0.4, -0.2) is 25.2 Å². The van der Waals surface area contributed by atoms with Crippen LogP contribution < -0.4 is 15.4 Å². The van der Waals surface area contributed by atoms with Crippen molar-refractivity contribution in [3.8, 4) is 5.75 Å². The molecule has 2 unspecified atom stereocenters. The third-order valence-electron chi connectivity index (χ3n) is 3.71. The Morgan fingerprint density at radius 3 is 2.84 bits per heavy atom. The van der Waals surface area contributed by atoms with Gasteiger partial charge in [0.2, 0.25) is 0 Å². The van der Waals surface area contributed by atoms with E-state index in [9.17, 15) is 4.79 Å². The quantitative estimate of drug-likeness (QED) is 0.874. The second kappa shape index (κ2) is 5.95. The second-order valence-electron chi connectivity index (χ2n) is 5.08. The fraction of sp³-hybridized carbons (Fsp3) is 0.533. The minimum absolute atomic E-state index is 0.0443. The standard InChI is InChI=1S/C15H22N2O2/c1-10(17-15(18)16-3)11(2)19-14-9-5-7-12-6-4-8-13(12)14/h5,7,9-11H,4,6,8H2,1-3H3,(H2,16,17,18). The Kier molecular flexibility index (Phi) is 4.30. The summed E-state index contributed by atoms with van der Waals surface area (Å²) >= 11 is 0. The first kappa shape index (κ1) is 13.7. The van der Waals surface area contributed by atoms with Gasteiger partial charge in [-0.15, -0.1) is 0 Å². The number of urea groups is 1. The molecule has 0 aliphatic heterocycles. The maximum Gasteiger partial charge on any atom is 0.314 e. The highest BCUT2D eigenvalue weighted by Gasteiger charge is 2.20. The zero-order chi connectivity index (χ0) is 13.8. The van der Waals surface area contributed by atoms with Crippen molar-refractivity contribution in [2.75, 3.05) is 7.05 Å². The number of carbonyl (C=O) groups excluding carboxylic acids is 1. The van der Waals surface area contributed by atoms with E-state index in [0.29, 0.717) is 0 Å². The van der Waals surface area contributed by atoms with E-state index < -0.39 is 0 Å². The highest BCUT2D eigenvalue weighted by molar-refractivity contribution is 5.73. The Labute approximate surface area is 114 Å². The van der Waals surface area contributed by atoms with Crippen LogP contribution in [-0.2, 0) is 12.8 Å². The van der Waals surface area contributed by atoms with Crippen LogP contribution in [0.2, 0.25) is 0 Å². The fourth-order valence-corrected chi connectivity index (χ4v) is 2.39. The van der Waals surface area contributed by atoms with Crippen LogP contribution in [0.15, 0.2) is 18.2 Å². The first-order chi connectivity index (χ1) is 9.11. The smallest absolute Gasteiger partial charge is 0.314 e. The molecule has 2 rings (SSSR count). The number of carbonyl (C=O) groups is 1. The summed E-state index contributed by atoms with van der Waals surface area (Å²) in [6, 6.07) is 6.01. The number of amides is 2. The Balaban J connectivity index is 2.01. The molecule has 2 atom stereocenters. The maximum atomic E-state index is 11.3. The van der Waals surface area contributed by atoms with Gasteiger partial charge in [0, 0.05) is 7.05 Å². The van der Waals surface area contributed by atoms with Gasteiger partial charge in [-0.25, -0.2) is 4.79 Å². The van der Waals surface area contributed by atoms with E-state index in [4.69, 9.17) is 4.74 Å². The largest absolute Gasteiger partial charge is 0.488 e. The van der Waals surface area contributed by atoms with Gasteiger partial charge >= 0.3 is 6.03 Å². The zero-order valence-corrected chi connectivity index (χ0v) is 11.8. The van der Waals surface area contributed by atoms with Crippen LogP contribution in [0.3, 0.4) is 0 Å². The van der Waals surface area contributed by atoms with Gasteiger partial charge in [-0.3, -0.25) is 0 Å². The molecule has 2 amide bonds. The summed E-state index contributed by atoms with van der Waals surface area (Å²) in [5.41, 5.74) is 2.73. The van der Waals surface area contributed by atoms with E-state index in [-0.39, 0.29) is 18.2 Å². The number of benzene rings is 1. The highest BCUT2D eigenvalue weighted by Crippen LogP contribution is 2.31. The number of fused-ring (bicyclic) bond motifs is 1. The normalized spacial score (nSPS) is 16.4. The van der Waals surface area contributed by atoms with E-state index in [2.05, 4.69) is 16.7 Å². The van der Waals surface area contributed by atoms with Crippen molar-refractivity contribution in [1.82, 2.24) is 10.6 Å². The lowest BCUT2D eigenvalue weighted by Crippen LogP contribution is -2.46. The molecule has 0 spiro atoms. The highest BCUT2D eigenvalue weighted by atomic mass is 16.5. The van der Waals surface area contributed by atoms with Crippen LogP contribution in [0.1, 0.15) is 31.4 Å². The summed E-state index contributed by atoms with van der Waals surface area (Å²) in [5.74, 6) is 0.966. The Hall–Kier alpha value is -1.71. The van der Waals surface area contributed by atoms with Crippen molar-refractivity contribution < 1.29 is 9.53 Å².